The minimum atomic E-state index is -0.462. The van der Waals surface area contributed by atoms with E-state index < -0.39 is 5.90 Å². The van der Waals surface area contributed by atoms with Gasteiger partial charge in [0.15, 0.2) is 0 Å². The number of fused-ring (bicyclic) bond motifs is 1. The average molecular weight is 402 g/mol. The number of hydrogen-bond donors (Lipinski definition) is 1. The quantitative estimate of drug-likeness (QED) is 0.380. The van der Waals surface area contributed by atoms with Crippen molar-refractivity contribution in [3.8, 4) is 0 Å². The molecule has 1 aliphatic rings. The van der Waals surface area contributed by atoms with E-state index in [1.54, 1.807) is 11.0 Å². The first kappa shape index (κ1) is 18.6. The number of nitrogens with zero attached hydrogens (tertiary/aromatic N) is 5. The zero-order chi connectivity index (χ0) is 19.7. The molecule has 0 amide bonds. The second-order valence-electron chi connectivity index (χ2n) is 7.04. The molecule has 0 aromatic carbocycles. The lowest BCUT2D eigenvalue weighted by molar-refractivity contribution is -0.759. The molecule has 1 fully saturated rings. The van der Waals surface area contributed by atoms with Crippen molar-refractivity contribution in [3.63, 3.8) is 0 Å². The molecule has 0 spiro atoms. The van der Waals surface area contributed by atoms with Crippen molar-refractivity contribution in [2.45, 2.75) is 20.3 Å². The molecule has 0 atom stereocenters. The number of ether oxygens (including phenoxy) is 1. The van der Waals surface area contributed by atoms with Gasteiger partial charge < -0.3 is 15.6 Å². The predicted molar refractivity (Wildman–Crippen MR) is 104 cm³/mol. The third-order valence-electron chi connectivity index (χ3n) is 4.40. The monoisotopic (exact) mass is 402 g/mol. The highest BCUT2D eigenvalue weighted by Gasteiger charge is 2.23. The van der Waals surface area contributed by atoms with Gasteiger partial charge in [0, 0.05) is 17.0 Å². The SMILES string of the molecule is CC(C)Cc1ccc2c(N)c(/C([O-])=N/c3c[n+](N4CCOCC4)no3)sc2n1. The molecule has 3 aromatic heterocycles. The summed E-state index contributed by atoms with van der Waals surface area (Å²) in [6.45, 7) is 6.91. The van der Waals surface area contributed by atoms with E-state index in [-0.39, 0.29) is 5.88 Å². The molecule has 0 bridgehead atoms. The van der Waals surface area contributed by atoms with Crippen LogP contribution in [0, 0.1) is 5.92 Å². The van der Waals surface area contributed by atoms with Gasteiger partial charge in [0.2, 0.25) is 5.27 Å². The predicted octanol–water partition coefficient (Wildman–Crippen LogP) is 0.759. The van der Waals surface area contributed by atoms with Crippen molar-refractivity contribution in [1.82, 2.24) is 10.3 Å². The van der Waals surface area contributed by atoms with Crippen molar-refractivity contribution in [2.75, 3.05) is 37.0 Å². The van der Waals surface area contributed by atoms with E-state index >= 15 is 0 Å². The Morgan fingerprint density at radius 2 is 2.18 bits per heavy atom. The molecule has 148 valence electrons. The largest absolute Gasteiger partial charge is 0.857 e. The molecule has 1 aliphatic heterocycles. The number of aliphatic imine (C=N–C) groups is 1. The summed E-state index contributed by atoms with van der Waals surface area (Å²) in [5.74, 6) is 0.168. The first-order chi connectivity index (χ1) is 13.5. The van der Waals surface area contributed by atoms with Crippen LogP contribution in [0.15, 0.2) is 27.8 Å². The van der Waals surface area contributed by atoms with Gasteiger partial charge in [-0.2, -0.15) is 0 Å². The van der Waals surface area contributed by atoms with Gasteiger partial charge in [-0.15, -0.1) is 16.3 Å². The van der Waals surface area contributed by atoms with Gasteiger partial charge in [-0.25, -0.2) is 9.98 Å². The summed E-state index contributed by atoms with van der Waals surface area (Å²) in [7, 11) is 0. The second-order valence-corrected chi connectivity index (χ2v) is 8.04. The van der Waals surface area contributed by atoms with Crippen molar-refractivity contribution >= 4 is 39.0 Å². The highest BCUT2D eigenvalue weighted by atomic mass is 32.1. The van der Waals surface area contributed by atoms with Crippen molar-refractivity contribution in [3.05, 3.63) is 28.9 Å². The third-order valence-corrected chi connectivity index (χ3v) is 5.50. The van der Waals surface area contributed by atoms with Crippen molar-refractivity contribution in [1.29, 1.82) is 0 Å². The molecule has 1 saturated heterocycles. The number of nitrogen functional groups attached to an aromatic ring is 1. The second kappa shape index (κ2) is 7.72. The van der Waals surface area contributed by atoms with Crippen molar-refractivity contribution in [2.24, 2.45) is 10.9 Å². The van der Waals surface area contributed by atoms with Crippen LogP contribution in [0.3, 0.4) is 0 Å². The Balaban J connectivity index is 1.60. The maximum Gasteiger partial charge on any atom is 0.324 e. The van der Waals surface area contributed by atoms with Gasteiger partial charge in [-0.05, 0) is 24.5 Å². The zero-order valence-electron chi connectivity index (χ0n) is 15.8. The van der Waals surface area contributed by atoms with Gasteiger partial charge in [0.25, 0.3) is 6.20 Å². The van der Waals surface area contributed by atoms with Crippen LogP contribution in [0.25, 0.3) is 10.2 Å². The molecule has 9 nitrogen and oxygen atoms in total. The average Bonchev–Trinajstić information content (AvgIpc) is 3.26. The number of rotatable bonds is 5. The van der Waals surface area contributed by atoms with Gasteiger partial charge in [-0.1, -0.05) is 13.8 Å². The third kappa shape index (κ3) is 3.78. The number of nitrogens with two attached hydrogens (primary N) is 1. The molecule has 0 saturated carbocycles. The fourth-order valence-electron chi connectivity index (χ4n) is 3.05. The Hall–Kier alpha value is -2.72. The Labute approximate surface area is 166 Å². The number of morpholine rings is 1. The minimum Gasteiger partial charge on any atom is -0.857 e. The van der Waals surface area contributed by atoms with Gasteiger partial charge >= 0.3 is 5.88 Å². The van der Waals surface area contributed by atoms with E-state index in [1.807, 2.05) is 17.1 Å². The molecule has 4 heterocycles. The Morgan fingerprint density at radius 3 is 2.93 bits per heavy atom. The molecule has 10 heteroatoms. The molecule has 3 aromatic rings. The number of aromatic nitrogens is 3. The van der Waals surface area contributed by atoms with Crippen LogP contribution in [0.5, 0.6) is 0 Å². The Kier molecular flexibility index (Phi) is 5.14. The van der Waals surface area contributed by atoms with Gasteiger partial charge in [0.1, 0.15) is 4.83 Å². The lowest BCUT2D eigenvalue weighted by Gasteiger charge is -2.18. The maximum absolute atomic E-state index is 12.7. The molecule has 2 N–H and O–H groups in total. The first-order valence-corrected chi connectivity index (χ1v) is 9.98. The van der Waals surface area contributed by atoms with Crippen LogP contribution in [0.4, 0.5) is 11.6 Å². The number of anilines is 1. The topological polar surface area (TPSA) is 117 Å². The van der Waals surface area contributed by atoms with E-state index in [1.165, 1.54) is 11.3 Å². The highest BCUT2D eigenvalue weighted by Crippen LogP contribution is 2.33. The lowest BCUT2D eigenvalue weighted by Crippen LogP contribution is -2.62. The summed E-state index contributed by atoms with van der Waals surface area (Å²) in [6.07, 6.45) is 2.45. The van der Waals surface area contributed by atoms with Crippen LogP contribution in [0.2, 0.25) is 0 Å². The summed E-state index contributed by atoms with van der Waals surface area (Å²) in [6, 6.07) is 3.88. The Morgan fingerprint density at radius 1 is 1.39 bits per heavy atom. The molecule has 28 heavy (non-hydrogen) atoms. The highest BCUT2D eigenvalue weighted by molar-refractivity contribution is 7.21. The van der Waals surface area contributed by atoms with E-state index in [0.717, 1.165) is 22.3 Å². The molecular weight excluding hydrogens is 380 g/mol. The van der Waals surface area contributed by atoms with Gasteiger partial charge in [0.05, 0.1) is 41.7 Å². The molecule has 0 radical (unpaired) electrons. The van der Waals surface area contributed by atoms with Gasteiger partial charge in [-0.3, -0.25) is 4.52 Å². The molecule has 0 aliphatic carbocycles. The fourth-order valence-corrected chi connectivity index (χ4v) is 4.05. The number of thiophene rings is 1. The maximum atomic E-state index is 12.7. The van der Waals surface area contributed by atoms with E-state index in [4.69, 9.17) is 15.0 Å². The van der Waals surface area contributed by atoms with Crippen LogP contribution in [-0.4, -0.2) is 42.5 Å². The molecule has 0 unspecified atom stereocenters. The van der Waals surface area contributed by atoms with Crippen LogP contribution in [-0.2, 0) is 11.2 Å². The normalized spacial score (nSPS) is 15.7. The number of hydrogen-bond acceptors (Lipinski definition) is 9. The lowest BCUT2D eigenvalue weighted by atomic mass is 10.1. The smallest absolute Gasteiger partial charge is 0.324 e. The Bertz CT molecular complexity index is 1010. The minimum absolute atomic E-state index is 0.127. The molecule has 4 rings (SSSR count). The molecular formula is C18H22N6O3S. The van der Waals surface area contributed by atoms with Crippen LogP contribution >= 0.6 is 11.3 Å². The first-order valence-electron chi connectivity index (χ1n) is 9.17. The van der Waals surface area contributed by atoms with E-state index in [9.17, 15) is 5.11 Å². The summed E-state index contributed by atoms with van der Waals surface area (Å²) in [5, 5.41) is 19.3. The van der Waals surface area contributed by atoms with Crippen molar-refractivity contribution < 1.29 is 19.2 Å². The summed E-state index contributed by atoms with van der Waals surface area (Å²) < 4.78 is 10.5. The zero-order valence-corrected chi connectivity index (χ0v) is 16.6. The fraction of sp³-hybridized carbons (Fsp3) is 0.444. The summed E-state index contributed by atoms with van der Waals surface area (Å²) >= 11 is 1.25. The van der Waals surface area contributed by atoms with Crippen LogP contribution in [0.1, 0.15) is 24.4 Å². The number of pyridine rings is 1. The standard InChI is InChI=1S/C18H22N6O3S/c1-11(2)9-12-3-4-13-15(19)16(28-18(13)20-12)17(25)21-14-10-24(22-27-14)23-5-7-26-8-6-23/h3-4,10-11H,5-9H2,1-2H3,(H2-,19,21,22,25). The van der Waals surface area contributed by atoms with E-state index in [2.05, 4.69) is 29.1 Å². The summed E-state index contributed by atoms with van der Waals surface area (Å²) in [5.41, 5.74) is 7.57. The summed E-state index contributed by atoms with van der Waals surface area (Å²) in [4.78, 5) is 11.3. The van der Waals surface area contributed by atoms with E-state index in [0.29, 0.717) is 42.8 Å². The van der Waals surface area contributed by atoms with Crippen LogP contribution < -0.4 is 20.6 Å².